The number of carbonyl (C=O) groups is 1. The first-order valence-electron chi connectivity index (χ1n) is 10.6. The first kappa shape index (κ1) is 22.4. The van der Waals surface area contributed by atoms with Crippen molar-refractivity contribution in [3.63, 3.8) is 0 Å². The largest absolute Gasteiger partial charge is 0.460 e. The fourth-order valence-corrected chi connectivity index (χ4v) is 3.53. The Morgan fingerprint density at radius 1 is 0.960 bits per heavy atom. The van der Waals surface area contributed by atoms with Crippen LogP contribution in [0.15, 0.2) is 0 Å². The second-order valence-corrected chi connectivity index (χ2v) is 7.36. The Balaban J connectivity index is 1.96. The summed E-state index contributed by atoms with van der Waals surface area (Å²) in [4.78, 5) is 11.3. The number of hydrogen-bond acceptors (Lipinski definition) is 4. The number of hydrogen-bond donors (Lipinski definition) is 0. The molecule has 0 saturated carbocycles. The lowest BCUT2D eigenvalue weighted by Crippen LogP contribution is -2.29. The fraction of sp³-hybridized carbons (Fsp3) is 0.952. The molecule has 0 aromatic carbocycles. The van der Waals surface area contributed by atoms with E-state index in [9.17, 15) is 4.79 Å². The van der Waals surface area contributed by atoms with Crippen LogP contribution in [0.5, 0.6) is 0 Å². The summed E-state index contributed by atoms with van der Waals surface area (Å²) in [6.07, 6.45) is 18.4. The molecule has 0 bridgehead atoms. The first-order chi connectivity index (χ1) is 12.3. The molecule has 25 heavy (non-hydrogen) atoms. The van der Waals surface area contributed by atoms with E-state index in [1.54, 1.807) is 7.11 Å². The third kappa shape index (κ3) is 11.6. The summed E-state index contributed by atoms with van der Waals surface area (Å²) < 4.78 is 16.1. The molecular weight excluding hydrogens is 316 g/mol. The van der Waals surface area contributed by atoms with Crippen LogP contribution < -0.4 is 0 Å². The van der Waals surface area contributed by atoms with Crippen molar-refractivity contribution in [3.8, 4) is 0 Å². The van der Waals surface area contributed by atoms with Gasteiger partial charge >= 0.3 is 5.97 Å². The maximum atomic E-state index is 11.3. The van der Waals surface area contributed by atoms with Gasteiger partial charge in [0, 0.05) is 13.5 Å². The van der Waals surface area contributed by atoms with Gasteiger partial charge in [-0.25, -0.2) is 0 Å². The number of rotatable bonds is 17. The van der Waals surface area contributed by atoms with E-state index in [0.29, 0.717) is 6.42 Å². The topological polar surface area (TPSA) is 44.8 Å². The SMILES string of the molecule is CCCCCCCCCCCCCC[C@H](OCOC)[C@H]1CCC(=O)O1. The Morgan fingerprint density at radius 2 is 1.52 bits per heavy atom. The van der Waals surface area contributed by atoms with Gasteiger partial charge in [0.2, 0.25) is 0 Å². The quantitative estimate of drug-likeness (QED) is 0.188. The maximum Gasteiger partial charge on any atom is 0.306 e. The van der Waals surface area contributed by atoms with E-state index in [4.69, 9.17) is 14.2 Å². The molecule has 0 aliphatic carbocycles. The number of ether oxygens (including phenoxy) is 3. The summed E-state index contributed by atoms with van der Waals surface area (Å²) in [6, 6.07) is 0. The highest BCUT2D eigenvalue weighted by molar-refractivity contribution is 5.71. The molecule has 0 aromatic heterocycles. The monoisotopic (exact) mass is 356 g/mol. The van der Waals surface area contributed by atoms with E-state index in [1.165, 1.54) is 70.6 Å². The summed E-state index contributed by atoms with van der Waals surface area (Å²) >= 11 is 0. The van der Waals surface area contributed by atoms with Crippen molar-refractivity contribution in [2.45, 2.75) is 115 Å². The van der Waals surface area contributed by atoms with E-state index in [0.717, 1.165) is 19.3 Å². The highest BCUT2D eigenvalue weighted by Crippen LogP contribution is 2.23. The highest BCUT2D eigenvalue weighted by atomic mass is 16.7. The molecule has 1 fully saturated rings. The third-order valence-electron chi connectivity index (χ3n) is 5.07. The van der Waals surface area contributed by atoms with E-state index < -0.39 is 0 Å². The minimum absolute atomic E-state index is 0.00507. The van der Waals surface area contributed by atoms with Crippen molar-refractivity contribution >= 4 is 5.97 Å². The lowest BCUT2D eigenvalue weighted by molar-refractivity contribution is -0.154. The van der Waals surface area contributed by atoms with Crippen molar-refractivity contribution in [1.29, 1.82) is 0 Å². The zero-order chi connectivity index (χ0) is 18.2. The van der Waals surface area contributed by atoms with E-state index in [-0.39, 0.29) is 25.0 Å². The molecule has 0 amide bonds. The van der Waals surface area contributed by atoms with Crippen LogP contribution in [0.25, 0.3) is 0 Å². The Morgan fingerprint density at radius 3 is 2.00 bits per heavy atom. The average molecular weight is 357 g/mol. The maximum absolute atomic E-state index is 11.3. The van der Waals surface area contributed by atoms with Crippen LogP contribution >= 0.6 is 0 Å². The van der Waals surface area contributed by atoms with Crippen LogP contribution in [-0.2, 0) is 19.0 Å². The van der Waals surface area contributed by atoms with Gasteiger partial charge < -0.3 is 14.2 Å². The van der Waals surface area contributed by atoms with E-state index >= 15 is 0 Å². The van der Waals surface area contributed by atoms with Crippen molar-refractivity contribution in [1.82, 2.24) is 0 Å². The van der Waals surface area contributed by atoms with Gasteiger partial charge in [-0.2, -0.15) is 0 Å². The molecule has 0 spiro atoms. The van der Waals surface area contributed by atoms with Gasteiger partial charge in [0.15, 0.2) is 0 Å². The summed E-state index contributed by atoms with van der Waals surface area (Å²) in [6.45, 7) is 2.54. The molecule has 0 aromatic rings. The number of methoxy groups -OCH3 is 1. The summed E-state index contributed by atoms with van der Waals surface area (Å²) in [5.74, 6) is -0.0919. The molecule has 1 heterocycles. The Labute approximate surface area is 155 Å². The molecule has 4 nitrogen and oxygen atoms in total. The summed E-state index contributed by atoms with van der Waals surface area (Å²) in [7, 11) is 1.63. The predicted molar refractivity (Wildman–Crippen MR) is 102 cm³/mol. The minimum Gasteiger partial charge on any atom is -0.460 e. The Bertz CT molecular complexity index is 319. The van der Waals surface area contributed by atoms with Crippen LogP contribution in [0.1, 0.15) is 103 Å². The minimum atomic E-state index is -0.0919. The van der Waals surface area contributed by atoms with Crippen LogP contribution in [0.2, 0.25) is 0 Å². The molecule has 0 radical (unpaired) electrons. The van der Waals surface area contributed by atoms with Gasteiger partial charge in [0.25, 0.3) is 0 Å². The van der Waals surface area contributed by atoms with Crippen LogP contribution in [0.3, 0.4) is 0 Å². The molecule has 4 heteroatoms. The Hall–Kier alpha value is -0.610. The van der Waals surface area contributed by atoms with Crippen LogP contribution in [-0.4, -0.2) is 32.1 Å². The lowest BCUT2D eigenvalue weighted by Gasteiger charge is -2.22. The zero-order valence-corrected chi connectivity index (χ0v) is 16.6. The van der Waals surface area contributed by atoms with Gasteiger partial charge in [0.05, 0.1) is 6.10 Å². The molecule has 1 saturated heterocycles. The standard InChI is InChI=1S/C21H40O4/c1-3-4-5-6-7-8-9-10-11-12-13-14-15-19(24-18-23-2)20-16-17-21(22)25-20/h19-20H,3-18H2,1-2H3/t19-,20+/m0/s1. The summed E-state index contributed by atoms with van der Waals surface area (Å²) in [5.41, 5.74) is 0. The number of unbranched alkanes of at least 4 members (excludes halogenated alkanes) is 11. The lowest BCUT2D eigenvalue weighted by atomic mass is 10.0. The third-order valence-corrected chi connectivity index (χ3v) is 5.07. The second-order valence-electron chi connectivity index (χ2n) is 7.36. The van der Waals surface area contributed by atoms with Crippen molar-refractivity contribution < 1.29 is 19.0 Å². The molecule has 1 rings (SSSR count). The van der Waals surface area contributed by atoms with Crippen molar-refractivity contribution in [2.75, 3.05) is 13.9 Å². The average Bonchev–Trinajstić information content (AvgIpc) is 3.04. The first-order valence-corrected chi connectivity index (χ1v) is 10.6. The number of esters is 1. The van der Waals surface area contributed by atoms with Gasteiger partial charge in [-0.1, -0.05) is 84.0 Å². The summed E-state index contributed by atoms with van der Waals surface area (Å²) in [5, 5.41) is 0. The number of carbonyl (C=O) groups excluding carboxylic acids is 1. The van der Waals surface area contributed by atoms with Crippen LogP contribution in [0, 0.1) is 0 Å². The molecule has 1 aliphatic rings. The molecular formula is C21H40O4. The van der Waals surface area contributed by atoms with E-state index in [2.05, 4.69) is 6.92 Å². The van der Waals surface area contributed by atoms with Gasteiger partial charge in [-0.05, 0) is 12.8 Å². The molecule has 148 valence electrons. The second kappa shape index (κ2) is 15.6. The smallest absolute Gasteiger partial charge is 0.306 e. The Kier molecular flexibility index (Phi) is 14.0. The van der Waals surface area contributed by atoms with Crippen molar-refractivity contribution in [2.24, 2.45) is 0 Å². The molecule has 1 aliphatic heterocycles. The highest BCUT2D eigenvalue weighted by Gasteiger charge is 2.31. The molecule has 0 N–H and O–H groups in total. The molecule has 0 unspecified atom stereocenters. The van der Waals surface area contributed by atoms with Crippen molar-refractivity contribution in [3.05, 3.63) is 0 Å². The van der Waals surface area contributed by atoms with Gasteiger partial charge in [-0.3, -0.25) is 4.79 Å². The normalized spacial score (nSPS) is 18.5. The van der Waals surface area contributed by atoms with E-state index in [1.807, 2.05) is 0 Å². The zero-order valence-electron chi connectivity index (χ0n) is 16.6. The van der Waals surface area contributed by atoms with Gasteiger partial charge in [0.1, 0.15) is 12.9 Å². The fourth-order valence-electron chi connectivity index (χ4n) is 3.53. The van der Waals surface area contributed by atoms with Gasteiger partial charge in [-0.15, -0.1) is 0 Å². The number of cyclic esters (lactones) is 1. The predicted octanol–water partition coefficient (Wildman–Crippen LogP) is 5.77. The van der Waals surface area contributed by atoms with Crippen LogP contribution in [0.4, 0.5) is 0 Å². The molecule has 2 atom stereocenters.